The number of hydrogen-bond acceptors (Lipinski definition) is 3. The summed E-state index contributed by atoms with van der Waals surface area (Å²) in [6.07, 6.45) is 2.16. The minimum absolute atomic E-state index is 0.143. The lowest BCUT2D eigenvalue weighted by atomic mass is 10.0. The first-order valence-electron chi connectivity index (χ1n) is 7.73. The summed E-state index contributed by atoms with van der Waals surface area (Å²) in [5.74, 6) is -0.162. The fourth-order valence-electron chi connectivity index (χ4n) is 3.84. The summed E-state index contributed by atoms with van der Waals surface area (Å²) in [4.78, 5) is 23.5. The first kappa shape index (κ1) is 14.1. The Morgan fingerprint density at radius 2 is 2.13 bits per heavy atom. The Kier molecular flexibility index (Phi) is 3.04. The zero-order valence-corrected chi connectivity index (χ0v) is 12.7. The molecule has 0 saturated heterocycles. The van der Waals surface area contributed by atoms with Crippen LogP contribution in [0.3, 0.4) is 0 Å². The Hall–Kier alpha value is -2.56. The van der Waals surface area contributed by atoms with Crippen molar-refractivity contribution in [1.82, 2.24) is 5.32 Å². The van der Waals surface area contributed by atoms with Crippen LogP contribution in [0.4, 0.5) is 0 Å². The van der Waals surface area contributed by atoms with Crippen molar-refractivity contribution in [3.8, 4) is 0 Å². The highest BCUT2D eigenvalue weighted by atomic mass is 16.4. The van der Waals surface area contributed by atoms with E-state index in [0.29, 0.717) is 23.0 Å². The predicted octanol–water partition coefficient (Wildman–Crippen LogP) is 2.28. The average molecular weight is 311 g/mol. The van der Waals surface area contributed by atoms with E-state index in [9.17, 15) is 9.59 Å². The van der Waals surface area contributed by atoms with Gasteiger partial charge < -0.3 is 14.8 Å². The van der Waals surface area contributed by atoms with Gasteiger partial charge in [0.25, 0.3) is 5.91 Å². The predicted molar refractivity (Wildman–Crippen MR) is 82.4 cm³/mol. The molecule has 3 atom stereocenters. The van der Waals surface area contributed by atoms with Crippen molar-refractivity contribution in [2.24, 2.45) is 5.92 Å². The number of nitrogens with one attached hydrogen (secondary N) is 1. The third kappa shape index (κ3) is 2.23. The van der Waals surface area contributed by atoms with Gasteiger partial charge in [-0.05, 0) is 30.4 Å². The number of aryl methyl sites for hydroxylation is 1. The van der Waals surface area contributed by atoms with E-state index in [0.717, 1.165) is 6.42 Å². The molecule has 1 aromatic heterocycles. The summed E-state index contributed by atoms with van der Waals surface area (Å²) in [6, 6.07) is 8.49. The van der Waals surface area contributed by atoms with Gasteiger partial charge >= 0.3 is 5.97 Å². The number of carbonyl (C=O) groups is 2. The summed E-state index contributed by atoms with van der Waals surface area (Å²) in [5, 5.41) is 12.0. The molecule has 5 nitrogen and oxygen atoms in total. The summed E-state index contributed by atoms with van der Waals surface area (Å²) in [6.45, 7) is 1.76. The van der Waals surface area contributed by atoms with Gasteiger partial charge in [-0.25, -0.2) is 0 Å². The molecule has 1 aromatic carbocycles. The van der Waals surface area contributed by atoms with Crippen LogP contribution in [0.1, 0.15) is 38.7 Å². The molecule has 23 heavy (non-hydrogen) atoms. The molecule has 0 spiro atoms. The lowest BCUT2D eigenvalue weighted by molar-refractivity contribution is -0.136. The van der Waals surface area contributed by atoms with Crippen LogP contribution in [0, 0.1) is 12.8 Å². The lowest BCUT2D eigenvalue weighted by Crippen LogP contribution is -2.29. The third-order valence-corrected chi connectivity index (χ3v) is 4.93. The maximum atomic E-state index is 12.6. The Morgan fingerprint density at radius 3 is 2.91 bits per heavy atom. The average Bonchev–Trinajstić information content (AvgIpc) is 2.86. The minimum atomic E-state index is -1.01. The van der Waals surface area contributed by atoms with E-state index in [1.807, 2.05) is 12.1 Å². The number of aliphatic carboxylic acids is 1. The third-order valence-electron chi connectivity index (χ3n) is 4.93. The van der Waals surface area contributed by atoms with Gasteiger partial charge in [0.15, 0.2) is 0 Å². The number of amides is 1. The molecular formula is C18H17NO4. The number of hydrogen-bond donors (Lipinski definition) is 2. The number of fused-ring (bicyclic) bond motifs is 3. The largest absolute Gasteiger partial charge is 0.481 e. The second kappa shape index (κ2) is 4.98. The van der Waals surface area contributed by atoms with E-state index >= 15 is 0 Å². The molecule has 3 unspecified atom stereocenters. The Balaban J connectivity index is 1.51. The number of furan rings is 1. The molecule has 2 aliphatic rings. The standard InChI is InChI=1S/C18H17NO4/c1-9-8-23-13(7-14(20)21)15(9)18(22)19-17-12-6-10-4-2-3-5-11(10)16(12)17/h2-5,8,12,16-17H,6-7H2,1H3,(H,19,22)(H,20,21). The molecule has 2 N–H and O–H groups in total. The van der Waals surface area contributed by atoms with Gasteiger partial charge in [0.1, 0.15) is 12.2 Å². The van der Waals surface area contributed by atoms with Gasteiger partial charge in [-0.1, -0.05) is 24.3 Å². The minimum Gasteiger partial charge on any atom is -0.481 e. The van der Waals surface area contributed by atoms with Crippen LogP contribution in [0.25, 0.3) is 0 Å². The summed E-state index contributed by atoms with van der Waals surface area (Å²) >= 11 is 0. The number of benzene rings is 1. The Morgan fingerprint density at radius 1 is 1.35 bits per heavy atom. The highest BCUT2D eigenvalue weighted by Crippen LogP contribution is 2.56. The molecule has 4 rings (SSSR count). The maximum absolute atomic E-state index is 12.6. The van der Waals surface area contributed by atoms with Crippen LogP contribution in [0.2, 0.25) is 0 Å². The first-order valence-corrected chi connectivity index (χ1v) is 7.73. The molecule has 0 radical (unpaired) electrons. The van der Waals surface area contributed by atoms with Gasteiger partial charge in [0, 0.05) is 17.5 Å². The second-order valence-corrected chi connectivity index (χ2v) is 6.38. The van der Waals surface area contributed by atoms with E-state index in [4.69, 9.17) is 9.52 Å². The Labute approximate surface area is 133 Å². The molecule has 2 aromatic rings. The van der Waals surface area contributed by atoms with Crippen molar-refractivity contribution in [3.05, 3.63) is 58.5 Å². The van der Waals surface area contributed by atoms with Crippen LogP contribution in [-0.4, -0.2) is 23.0 Å². The van der Waals surface area contributed by atoms with E-state index in [1.54, 1.807) is 6.92 Å². The molecule has 1 heterocycles. The smallest absolute Gasteiger partial charge is 0.311 e. The van der Waals surface area contributed by atoms with Crippen molar-refractivity contribution in [2.75, 3.05) is 0 Å². The quantitative estimate of drug-likeness (QED) is 0.908. The fourth-order valence-corrected chi connectivity index (χ4v) is 3.84. The van der Waals surface area contributed by atoms with Crippen molar-refractivity contribution >= 4 is 11.9 Å². The SMILES string of the molecule is Cc1coc(CC(=O)O)c1C(=O)NC1C2Cc3ccccc3C21. The van der Waals surface area contributed by atoms with Crippen molar-refractivity contribution in [2.45, 2.75) is 31.7 Å². The van der Waals surface area contributed by atoms with Gasteiger partial charge in [-0.3, -0.25) is 9.59 Å². The number of rotatable bonds is 4. The topological polar surface area (TPSA) is 79.5 Å². The van der Waals surface area contributed by atoms with Crippen molar-refractivity contribution in [1.29, 1.82) is 0 Å². The summed E-state index contributed by atoms with van der Waals surface area (Å²) in [5.41, 5.74) is 3.74. The molecule has 1 saturated carbocycles. The van der Waals surface area contributed by atoms with Crippen LogP contribution >= 0.6 is 0 Å². The molecular weight excluding hydrogens is 294 g/mol. The fraction of sp³-hybridized carbons (Fsp3) is 0.333. The van der Waals surface area contributed by atoms with Crippen molar-refractivity contribution in [3.63, 3.8) is 0 Å². The Bertz CT molecular complexity index is 807. The molecule has 118 valence electrons. The van der Waals surface area contributed by atoms with Gasteiger partial charge in [-0.15, -0.1) is 0 Å². The van der Waals surface area contributed by atoms with Crippen LogP contribution in [0.5, 0.6) is 0 Å². The van der Waals surface area contributed by atoms with Gasteiger partial charge in [0.05, 0.1) is 11.8 Å². The normalized spacial score (nSPS) is 24.0. The molecule has 5 heteroatoms. The zero-order chi connectivity index (χ0) is 16.1. The first-order chi connectivity index (χ1) is 11.1. The van der Waals surface area contributed by atoms with Gasteiger partial charge in [0.2, 0.25) is 0 Å². The molecule has 1 fully saturated rings. The highest BCUT2D eigenvalue weighted by molar-refractivity contribution is 5.98. The van der Waals surface area contributed by atoms with Crippen LogP contribution in [0.15, 0.2) is 34.9 Å². The van der Waals surface area contributed by atoms with Crippen LogP contribution < -0.4 is 5.32 Å². The number of carboxylic acid groups (broad SMARTS) is 1. The second-order valence-electron chi connectivity index (χ2n) is 6.38. The van der Waals surface area contributed by atoms with E-state index in [-0.39, 0.29) is 24.1 Å². The molecule has 2 aliphatic carbocycles. The molecule has 0 bridgehead atoms. The zero-order valence-electron chi connectivity index (χ0n) is 12.7. The number of carbonyl (C=O) groups excluding carboxylic acids is 1. The van der Waals surface area contributed by atoms with Crippen molar-refractivity contribution < 1.29 is 19.1 Å². The van der Waals surface area contributed by atoms with E-state index in [2.05, 4.69) is 17.4 Å². The molecule has 0 aliphatic heterocycles. The van der Waals surface area contributed by atoms with Gasteiger partial charge in [-0.2, -0.15) is 0 Å². The number of carboxylic acids is 1. The van der Waals surface area contributed by atoms with E-state index < -0.39 is 5.97 Å². The highest BCUT2D eigenvalue weighted by Gasteiger charge is 2.56. The van der Waals surface area contributed by atoms with E-state index in [1.165, 1.54) is 17.4 Å². The molecule has 1 amide bonds. The maximum Gasteiger partial charge on any atom is 0.311 e. The lowest BCUT2D eigenvalue weighted by Gasteiger charge is -2.10. The summed E-state index contributed by atoms with van der Waals surface area (Å²) < 4.78 is 5.24. The van der Waals surface area contributed by atoms with Crippen LogP contribution in [-0.2, 0) is 17.6 Å². The summed E-state index contributed by atoms with van der Waals surface area (Å²) in [7, 11) is 0. The monoisotopic (exact) mass is 311 g/mol.